The minimum atomic E-state index is 0. The van der Waals surface area contributed by atoms with Gasteiger partial charge in [0.2, 0.25) is 0 Å². The summed E-state index contributed by atoms with van der Waals surface area (Å²) in [7, 11) is 0. The van der Waals surface area contributed by atoms with Crippen LogP contribution in [0.15, 0.2) is 0 Å². The molecule has 0 spiro atoms. The zero-order valence-corrected chi connectivity index (χ0v) is 19.5. The van der Waals surface area contributed by atoms with Crippen LogP contribution in [0.5, 0.6) is 0 Å². The monoisotopic (exact) mass is 446 g/mol. The molecule has 0 aliphatic carbocycles. The topological polar surface area (TPSA) is 0 Å². The van der Waals surface area contributed by atoms with Gasteiger partial charge in [0.25, 0.3) is 0 Å². The zero-order chi connectivity index (χ0) is 0. The Bertz CT molecular complexity index is 15.7. The van der Waals surface area contributed by atoms with E-state index in [0.717, 1.165) is 0 Å². The maximum atomic E-state index is 0. The van der Waals surface area contributed by atoms with Gasteiger partial charge >= 0.3 is 139 Å². The molecule has 0 unspecified atom stereocenters. The molecule has 0 aromatic heterocycles. The molecule has 0 nitrogen and oxygen atoms in total. The van der Waals surface area contributed by atoms with Crippen LogP contribution < -0.4 is 181 Å². The fraction of sp³-hybridized carbons (Fsp3) is 0. The van der Waals surface area contributed by atoms with E-state index in [4.69, 9.17) is 0 Å². The van der Waals surface area contributed by atoms with Crippen molar-refractivity contribution < 1.29 is 214 Å². The smallest absolute Gasteiger partial charge is 1.00 e. The van der Waals surface area contributed by atoms with Crippen LogP contribution >= 0.6 is 0 Å². The number of rotatable bonds is 0. The summed E-state index contributed by atoms with van der Waals surface area (Å²) in [5.74, 6) is 0. The molecule has 0 aliphatic heterocycles. The Morgan fingerprint density at radius 2 is 0.400 bits per heavy atom. The summed E-state index contributed by atoms with van der Waals surface area (Å²) in [6.07, 6.45) is 0. The van der Waals surface area contributed by atoms with E-state index in [0.29, 0.717) is 0 Å². The van der Waals surface area contributed by atoms with Gasteiger partial charge in [0.15, 0.2) is 0 Å². The van der Waals surface area contributed by atoms with E-state index in [9.17, 15) is 0 Å². The quantitative estimate of drug-likeness (QED) is 0.323. The molecule has 0 radical (unpaired) electrons. The van der Waals surface area contributed by atoms with E-state index >= 15 is 0 Å². The Morgan fingerprint density at radius 3 is 0.400 bits per heavy atom. The summed E-state index contributed by atoms with van der Waals surface area (Å²) in [6.45, 7) is 0. The number of hydrogen-bond acceptors (Lipinski definition) is 0. The second-order valence-electron chi connectivity index (χ2n) is 0. The van der Waals surface area contributed by atoms with Crippen LogP contribution in [0.1, 0.15) is 0 Å². The summed E-state index contributed by atoms with van der Waals surface area (Å²) in [6, 6.07) is 0. The van der Waals surface area contributed by atoms with Gasteiger partial charge in [0.1, 0.15) is 0 Å². The van der Waals surface area contributed by atoms with Crippen LogP contribution in [0.3, 0.4) is 0 Å². The van der Waals surface area contributed by atoms with Crippen LogP contribution in [-0.4, -0.2) is 0 Å². The molecular weight excluding hydrogens is 448 g/mol. The van der Waals surface area contributed by atoms with Gasteiger partial charge in [-0.3, -0.25) is 0 Å². The average molecular weight is 448 g/mol. The van der Waals surface area contributed by atoms with E-state index in [1.807, 2.05) is 0 Å². The summed E-state index contributed by atoms with van der Waals surface area (Å²) >= 11 is 0. The van der Waals surface area contributed by atoms with Crippen molar-refractivity contribution in [3.8, 4) is 0 Å². The Hall–Kier alpha value is 6.09. The molecule has 0 rings (SSSR count). The fourth-order valence-electron chi connectivity index (χ4n) is 0. The Balaban J connectivity index is 0. The molecule has 48 valence electrons. The molecule has 10 heteroatoms. The first-order valence-corrected chi connectivity index (χ1v) is 0. The largest absolute Gasteiger partial charge is 3.00 e. The third-order valence-electron chi connectivity index (χ3n) is 0. The maximum absolute atomic E-state index is 0. The second kappa shape index (κ2) is 80.8. The molecule has 0 N–H and O–H groups in total. The van der Waals surface area contributed by atoms with Crippen LogP contribution in [0.2, 0.25) is 0 Å². The van der Waals surface area contributed by atoms with Crippen molar-refractivity contribution in [2.45, 2.75) is 0 Å². The summed E-state index contributed by atoms with van der Waals surface area (Å²) in [5.41, 5.74) is 0. The van der Waals surface area contributed by atoms with Gasteiger partial charge in [0.05, 0.1) is 0 Å². The zero-order valence-electron chi connectivity index (χ0n) is 5.85. The van der Waals surface area contributed by atoms with Crippen molar-refractivity contribution in [2.24, 2.45) is 0 Å². The molecule has 0 heterocycles. The summed E-state index contributed by atoms with van der Waals surface area (Å²) < 4.78 is 0. The molecule has 0 aromatic rings. The van der Waals surface area contributed by atoms with Crippen LogP contribution in [0.25, 0.3) is 0 Å². The standard InChI is InChI=1S/6ClH.Cs.2Li.Y/h6*1H;;;;/q;;;;;;3*+1;+3/p-6. The normalized spacial score (nSPS) is 0. The van der Waals surface area contributed by atoms with Crippen molar-refractivity contribution in [1.82, 2.24) is 0 Å². The molecule has 0 bridgehead atoms. The van der Waals surface area contributed by atoms with Crippen molar-refractivity contribution >= 4 is 0 Å². The Morgan fingerprint density at radius 1 is 0.400 bits per heavy atom. The first-order valence-electron chi connectivity index (χ1n) is 0. The maximum Gasteiger partial charge on any atom is 3.00 e. The van der Waals surface area contributed by atoms with Gasteiger partial charge in [-0.25, -0.2) is 0 Å². The van der Waals surface area contributed by atoms with E-state index < -0.39 is 0 Å². The number of hydrogen-bond donors (Lipinski definition) is 0. The molecule has 0 aliphatic rings. The van der Waals surface area contributed by atoms with Gasteiger partial charge in [-0.15, -0.1) is 0 Å². The first kappa shape index (κ1) is 98.8. The Kier molecular flexibility index (Phi) is 798. The third-order valence-corrected chi connectivity index (χ3v) is 0. The van der Waals surface area contributed by atoms with Crippen molar-refractivity contribution in [1.29, 1.82) is 0 Å². The molecule has 0 atom stereocenters. The van der Waals surface area contributed by atoms with Gasteiger partial charge in [-0.05, 0) is 0 Å². The van der Waals surface area contributed by atoms with E-state index in [-0.39, 0.29) is 214 Å². The van der Waals surface area contributed by atoms with Crippen LogP contribution in [0, 0.1) is 0 Å². The van der Waals surface area contributed by atoms with Gasteiger partial charge < -0.3 is 74.4 Å². The van der Waals surface area contributed by atoms with E-state index in [2.05, 4.69) is 0 Å². The molecule has 0 saturated heterocycles. The SMILES string of the molecule is [Cl-].[Cl-].[Cl-].[Cl-].[Cl-].[Cl-].[Cs+].[Li+].[Li+].[Y+3]. The minimum absolute atomic E-state index is 0. The molecule has 0 fully saturated rings. The van der Waals surface area contributed by atoms with E-state index in [1.54, 1.807) is 0 Å². The van der Waals surface area contributed by atoms with Crippen LogP contribution in [0.4, 0.5) is 0 Å². The number of halogens is 6. The molecule has 0 saturated carbocycles. The van der Waals surface area contributed by atoms with Crippen molar-refractivity contribution in [3.63, 3.8) is 0 Å². The predicted octanol–water partition coefficient (Wildman–Crippen LogP) is -27.0. The van der Waals surface area contributed by atoms with Gasteiger partial charge in [-0.2, -0.15) is 0 Å². The Labute approximate surface area is 208 Å². The molecule has 0 aromatic carbocycles. The van der Waals surface area contributed by atoms with E-state index in [1.165, 1.54) is 0 Å². The third kappa shape index (κ3) is 65.1. The van der Waals surface area contributed by atoms with Crippen LogP contribution in [-0.2, 0) is 32.7 Å². The fourth-order valence-corrected chi connectivity index (χ4v) is 0. The first-order chi connectivity index (χ1) is 0. The molecular formula is Cl6CsLi2Y. The van der Waals surface area contributed by atoms with Crippen molar-refractivity contribution in [3.05, 3.63) is 0 Å². The van der Waals surface area contributed by atoms with Gasteiger partial charge in [0, 0.05) is 0 Å². The average Bonchev–Trinajstić information content (AvgIpc) is 0. The predicted molar refractivity (Wildman–Crippen MR) is 0 cm³/mol. The van der Waals surface area contributed by atoms with Gasteiger partial charge in [-0.1, -0.05) is 0 Å². The molecule has 10 heavy (non-hydrogen) atoms. The summed E-state index contributed by atoms with van der Waals surface area (Å²) in [4.78, 5) is 0. The molecule has 0 amide bonds. The second-order valence-corrected chi connectivity index (χ2v) is 0. The minimum Gasteiger partial charge on any atom is -1.00 e. The summed E-state index contributed by atoms with van der Waals surface area (Å²) in [5, 5.41) is 0. The van der Waals surface area contributed by atoms with Crippen molar-refractivity contribution in [2.75, 3.05) is 0 Å².